The SMILES string of the molecule is C=CCn1c2c(c(=O)[nH]c1=O)[C@@H](c1ccccc1)C1=C(COC1=O)N2. The van der Waals surface area contributed by atoms with Crippen LogP contribution in [0.3, 0.4) is 0 Å². The normalized spacial score (nSPS) is 18.2. The second-order valence-electron chi connectivity index (χ2n) is 5.86. The van der Waals surface area contributed by atoms with Crippen LogP contribution in [-0.2, 0) is 16.1 Å². The summed E-state index contributed by atoms with van der Waals surface area (Å²) >= 11 is 0. The third-order valence-corrected chi connectivity index (χ3v) is 4.42. The number of benzene rings is 1. The number of rotatable bonds is 3. The lowest BCUT2D eigenvalue weighted by Gasteiger charge is -2.27. The molecular formula is C18H15N3O4. The van der Waals surface area contributed by atoms with E-state index in [1.54, 1.807) is 6.08 Å². The number of aromatic nitrogens is 2. The molecule has 1 aromatic heterocycles. The third kappa shape index (κ3) is 2.24. The minimum Gasteiger partial charge on any atom is -0.456 e. The molecule has 0 amide bonds. The molecule has 0 bridgehead atoms. The molecule has 0 spiro atoms. The molecule has 1 aromatic carbocycles. The van der Waals surface area contributed by atoms with Crippen molar-refractivity contribution in [2.75, 3.05) is 11.9 Å². The van der Waals surface area contributed by atoms with Crippen LogP contribution in [0, 0.1) is 0 Å². The van der Waals surface area contributed by atoms with Gasteiger partial charge in [-0.2, -0.15) is 0 Å². The predicted octanol–water partition coefficient (Wildman–Crippen LogP) is 1.09. The first-order chi connectivity index (χ1) is 12.1. The molecule has 2 aromatic rings. The zero-order valence-electron chi connectivity index (χ0n) is 13.2. The number of H-pyrrole nitrogens is 1. The quantitative estimate of drug-likeness (QED) is 0.646. The number of carbonyl (C=O) groups excluding carboxylic acids is 1. The number of anilines is 1. The van der Waals surface area contributed by atoms with Gasteiger partial charge in [0.25, 0.3) is 5.56 Å². The van der Waals surface area contributed by atoms with E-state index in [4.69, 9.17) is 4.74 Å². The Morgan fingerprint density at radius 3 is 2.72 bits per heavy atom. The first-order valence-corrected chi connectivity index (χ1v) is 7.82. The lowest BCUT2D eigenvalue weighted by molar-refractivity contribution is -0.136. The Balaban J connectivity index is 2.05. The summed E-state index contributed by atoms with van der Waals surface area (Å²) in [6.45, 7) is 3.97. The second kappa shape index (κ2) is 5.62. The van der Waals surface area contributed by atoms with Crippen molar-refractivity contribution in [3.63, 3.8) is 0 Å². The number of cyclic esters (lactones) is 1. The fourth-order valence-corrected chi connectivity index (χ4v) is 3.37. The van der Waals surface area contributed by atoms with Gasteiger partial charge in [-0.3, -0.25) is 14.3 Å². The van der Waals surface area contributed by atoms with Crippen molar-refractivity contribution in [3.8, 4) is 0 Å². The smallest absolute Gasteiger partial charge is 0.337 e. The van der Waals surface area contributed by atoms with Crippen molar-refractivity contribution in [2.24, 2.45) is 0 Å². The van der Waals surface area contributed by atoms with Gasteiger partial charge in [0.2, 0.25) is 0 Å². The average Bonchev–Trinajstić information content (AvgIpc) is 2.98. The number of nitrogens with one attached hydrogen (secondary N) is 2. The minimum absolute atomic E-state index is 0.0893. The summed E-state index contributed by atoms with van der Waals surface area (Å²) in [6, 6.07) is 9.23. The lowest BCUT2D eigenvalue weighted by Crippen LogP contribution is -2.38. The van der Waals surface area contributed by atoms with Crippen LogP contribution < -0.4 is 16.6 Å². The highest BCUT2D eigenvalue weighted by molar-refractivity contribution is 5.96. The summed E-state index contributed by atoms with van der Waals surface area (Å²) < 4.78 is 6.55. The number of hydrogen-bond acceptors (Lipinski definition) is 5. The summed E-state index contributed by atoms with van der Waals surface area (Å²) in [4.78, 5) is 39.4. The van der Waals surface area contributed by atoms with Gasteiger partial charge >= 0.3 is 11.7 Å². The van der Waals surface area contributed by atoms with Gasteiger partial charge in [-0.05, 0) is 5.56 Å². The van der Waals surface area contributed by atoms with E-state index in [-0.39, 0.29) is 13.2 Å². The van der Waals surface area contributed by atoms with Gasteiger partial charge in [-0.25, -0.2) is 9.59 Å². The van der Waals surface area contributed by atoms with Crippen LogP contribution in [0.1, 0.15) is 17.0 Å². The van der Waals surface area contributed by atoms with Crippen molar-refractivity contribution >= 4 is 11.8 Å². The highest BCUT2D eigenvalue weighted by Crippen LogP contribution is 2.42. The molecule has 126 valence electrons. The largest absolute Gasteiger partial charge is 0.456 e. The number of fused-ring (bicyclic) bond motifs is 1. The van der Waals surface area contributed by atoms with E-state index in [0.717, 1.165) is 5.56 Å². The maximum Gasteiger partial charge on any atom is 0.337 e. The number of allylic oxidation sites excluding steroid dienone is 1. The molecule has 0 saturated heterocycles. The Morgan fingerprint density at radius 1 is 1.24 bits per heavy atom. The van der Waals surface area contributed by atoms with Crippen molar-refractivity contribution in [1.82, 2.24) is 9.55 Å². The first kappa shape index (κ1) is 15.2. The van der Waals surface area contributed by atoms with Crippen LogP contribution in [0.5, 0.6) is 0 Å². The lowest BCUT2D eigenvalue weighted by atomic mass is 9.83. The highest BCUT2D eigenvalue weighted by atomic mass is 16.5. The van der Waals surface area contributed by atoms with Gasteiger partial charge in [-0.1, -0.05) is 36.4 Å². The number of ether oxygens (including phenoxy) is 1. The van der Waals surface area contributed by atoms with E-state index < -0.39 is 23.1 Å². The van der Waals surface area contributed by atoms with Gasteiger partial charge in [0.15, 0.2) is 0 Å². The fourth-order valence-electron chi connectivity index (χ4n) is 3.37. The monoisotopic (exact) mass is 337 g/mol. The molecule has 0 radical (unpaired) electrons. The topological polar surface area (TPSA) is 93.2 Å². The van der Waals surface area contributed by atoms with Crippen molar-refractivity contribution < 1.29 is 9.53 Å². The molecular weight excluding hydrogens is 322 g/mol. The molecule has 7 nitrogen and oxygen atoms in total. The number of hydrogen-bond donors (Lipinski definition) is 2. The van der Waals surface area contributed by atoms with Crippen LogP contribution in [0.4, 0.5) is 5.82 Å². The van der Waals surface area contributed by atoms with Crippen LogP contribution in [0.15, 0.2) is 63.8 Å². The van der Waals surface area contributed by atoms with E-state index in [2.05, 4.69) is 16.9 Å². The van der Waals surface area contributed by atoms with E-state index >= 15 is 0 Å². The highest BCUT2D eigenvalue weighted by Gasteiger charge is 2.41. The van der Waals surface area contributed by atoms with Crippen LogP contribution in [0.25, 0.3) is 0 Å². The summed E-state index contributed by atoms with van der Waals surface area (Å²) in [7, 11) is 0. The maximum atomic E-state index is 12.6. The summed E-state index contributed by atoms with van der Waals surface area (Å²) in [6.07, 6.45) is 1.57. The van der Waals surface area contributed by atoms with Gasteiger partial charge in [0.05, 0.1) is 22.8 Å². The van der Waals surface area contributed by atoms with Crippen LogP contribution in [0.2, 0.25) is 0 Å². The van der Waals surface area contributed by atoms with E-state index in [0.29, 0.717) is 22.7 Å². The third-order valence-electron chi connectivity index (χ3n) is 4.42. The standard InChI is InChI=1S/C18H15N3O4/c1-2-8-21-15-14(16(22)20-18(21)24)12(10-6-4-3-5-7-10)13-11(19-15)9-25-17(13)23/h2-7,12,19H,1,8-9H2,(H,20,22,24)/t12-/m0/s1. The molecule has 3 heterocycles. The molecule has 0 aliphatic carbocycles. The molecule has 0 unspecified atom stereocenters. The Hall–Kier alpha value is -3.35. The van der Waals surface area contributed by atoms with Crippen LogP contribution >= 0.6 is 0 Å². The zero-order valence-corrected chi connectivity index (χ0v) is 13.2. The van der Waals surface area contributed by atoms with Crippen molar-refractivity contribution in [3.05, 3.63) is 86.2 Å². The molecule has 4 rings (SSSR count). The second-order valence-corrected chi connectivity index (χ2v) is 5.86. The first-order valence-electron chi connectivity index (χ1n) is 7.82. The number of nitrogens with zero attached hydrogens (tertiary/aromatic N) is 1. The molecule has 2 aliphatic rings. The Morgan fingerprint density at radius 2 is 2.00 bits per heavy atom. The Kier molecular flexibility index (Phi) is 3.42. The number of aromatic amines is 1. The Labute approximate surface area is 142 Å². The molecule has 7 heteroatoms. The molecule has 0 saturated carbocycles. The average molecular weight is 337 g/mol. The molecule has 2 N–H and O–H groups in total. The van der Waals surface area contributed by atoms with E-state index in [1.165, 1.54) is 4.57 Å². The summed E-state index contributed by atoms with van der Waals surface area (Å²) in [5, 5.41) is 3.05. The van der Waals surface area contributed by atoms with E-state index in [1.807, 2.05) is 30.3 Å². The molecule has 25 heavy (non-hydrogen) atoms. The van der Waals surface area contributed by atoms with Crippen LogP contribution in [-0.4, -0.2) is 22.1 Å². The number of carbonyl (C=O) groups is 1. The van der Waals surface area contributed by atoms with Gasteiger partial charge in [0.1, 0.15) is 12.4 Å². The van der Waals surface area contributed by atoms with E-state index in [9.17, 15) is 14.4 Å². The van der Waals surface area contributed by atoms with Gasteiger partial charge in [-0.15, -0.1) is 6.58 Å². The molecule has 1 atom stereocenters. The Bertz CT molecular complexity index is 1030. The maximum absolute atomic E-state index is 12.6. The fraction of sp³-hybridized carbons (Fsp3) is 0.167. The molecule has 0 fully saturated rings. The molecule has 2 aliphatic heterocycles. The zero-order chi connectivity index (χ0) is 17.6. The number of esters is 1. The summed E-state index contributed by atoms with van der Waals surface area (Å²) in [5.41, 5.74) is 1.04. The van der Waals surface area contributed by atoms with Crippen molar-refractivity contribution in [2.45, 2.75) is 12.5 Å². The summed E-state index contributed by atoms with van der Waals surface area (Å²) in [5.74, 6) is -0.676. The predicted molar refractivity (Wildman–Crippen MR) is 91.4 cm³/mol. The van der Waals surface area contributed by atoms with Crippen molar-refractivity contribution in [1.29, 1.82) is 0 Å². The minimum atomic E-state index is -0.595. The van der Waals surface area contributed by atoms with Gasteiger partial charge in [0, 0.05) is 6.54 Å². The van der Waals surface area contributed by atoms with Gasteiger partial charge < -0.3 is 10.1 Å².